The van der Waals surface area contributed by atoms with Crippen molar-refractivity contribution in [1.82, 2.24) is 10.2 Å². The van der Waals surface area contributed by atoms with Crippen LogP contribution in [-0.4, -0.2) is 21.9 Å². The molecule has 0 aliphatic rings. The summed E-state index contributed by atoms with van der Waals surface area (Å²) in [6, 6.07) is 13.7. The summed E-state index contributed by atoms with van der Waals surface area (Å²) in [4.78, 5) is 12.3. The van der Waals surface area contributed by atoms with E-state index >= 15 is 0 Å². The van der Waals surface area contributed by atoms with E-state index in [2.05, 4.69) is 22.4 Å². The Labute approximate surface area is 143 Å². The normalized spacial score (nSPS) is 10.8. The molecular weight excluding hydrogens is 326 g/mol. The molecule has 1 N–H and O–H groups in total. The molecule has 1 aromatic heterocycles. The van der Waals surface area contributed by atoms with Crippen LogP contribution in [0.25, 0.3) is 10.8 Å². The predicted octanol–water partition coefficient (Wildman–Crippen LogP) is 4.84. The van der Waals surface area contributed by atoms with Crippen molar-refractivity contribution in [2.45, 2.75) is 24.1 Å². The maximum atomic E-state index is 12.3. The molecule has 0 saturated carbocycles. The first-order valence-electron chi connectivity index (χ1n) is 7.52. The van der Waals surface area contributed by atoms with Gasteiger partial charge in [0.2, 0.25) is 5.13 Å². The third kappa shape index (κ3) is 4.09. The van der Waals surface area contributed by atoms with Crippen molar-refractivity contribution in [3.63, 3.8) is 0 Å². The molecule has 6 heteroatoms. The molecule has 0 radical (unpaired) electrons. The van der Waals surface area contributed by atoms with Crippen LogP contribution >= 0.6 is 23.1 Å². The summed E-state index contributed by atoms with van der Waals surface area (Å²) < 4.78 is 0.896. The molecule has 4 nitrogen and oxygen atoms in total. The monoisotopic (exact) mass is 343 g/mol. The van der Waals surface area contributed by atoms with E-state index < -0.39 is 0 Å². The van der Waals surface area contributed by atoms with Crippen LogP contribution in [-0.2, 0) is 0 Å². The highest BCUT2D eigenvalue weighted by Gasteiger charge is 2.11. The van der Waals surface area contributed by atoms with Crippen molar-refractivity contribution >= 4 is 44.9 Å². The smallest absolute Gasteiger partial charge is 0.257 e. The number of nitrogens with one attached hydrogen (secondary N) is 1. The Kier molecular flexibility index (Phi) is 5.25. The number of rotatable bonds is 6. The van der Waals surface area contributed by atoms with E-state index in [9.17, 15) is 4.79 Å². The Morgan fingerprint density at radius 2 is 2.00 bits per heavy atom. The minimum absolute atomic E-state index is 0.156. The number of benzene rings is 2. The summed E-state index contributed by atoms with van der Waals surface area (Å²) in [7, 11) is 0. The molecule has 0 spiro atoms. The summed E-state index contributed by atoms with van der Waals surface area (Å²) >= 11 is 3.10. The van der Waals surface area contributed by atoms with E-state index in [0.717, 1.165) is 33.7 Å². The average Bonchev–Trinajstić information content (AvgIpc) is 3.02. The number of carbonyl (C=O) groups excluding carboxylic acids is 1. The van der Waals surface area contributed by atoms with Gasteiger partial charge in [0.05, 0.1) is 0 Å². The molecule has 0 aliphatic heterocycles. The predicted molar refractivity (Wildman–Crippen MR) is 97.4 cm³/mol. The zero-order valence-corrected chi connectivity index (χ0v) is 14.4. The molecule has 0 saturated heterocycles. The Balaban J connectivity index is 1.68. The molecule has 0 fully saturated rings. The first kappa shape index (κ1) is 16.0. The number of aromatic nitrogens is 2. The van der Waals surface area contributed by atoms with E-state index in [1.807, 2.05) is 42.5 Å². The second kappa shape index (κ2) is 7.57. The third-order valence-corrected chi connectivity index (χ3v) is 5.42. The number of anilines is 1. The highest BCUT2D eigenvalue weighted by Crippen LogP contribution is 2.26. The van der Waals surface area contributed by atoms with Gasteiger partial charge in [0.15, 0.2) is 4.34 Å². The van der Waals surface area contributed by atoms with Gasteiger partial charge < -0.3 is 0 Å². The van der Waals surface area contributed by atoms with Crippen LogP contribution in [0, 0.1) is 0 Å². The van der Waals surface area contributed by atoms with Crippen molar-refractivity contribution in [3.05, 3.63) is 48.0 Å². The van der Waals surface area contributed by atoms with Gasteiger partial charge in [0, 0.05) is 11.3 Å². The van der Waals surface area contributed by atoms with Crippen LogP contribution in [0.2, 0.25) is 0 Å². The Morgan fingerprint density at radius 3 is 2.83 bits per heavy atom. The van der Waals surface area contributed by atoms with Crippen LogP contribution in [0.3, 0.4) is 0 Å². The van der Waals surface area contributed by atoms with Crippen LogP contribution in [0.5, 0.6) is 0 Å². The Morgan fingerprint density at radius 1 is 1.17 bits per heavy atom. The van der Waals surface area contributed by atoms with Crippen molar-refractivity contribution in [1.29, 1.82) is 0 Å². The van der Waals surface area contributed by atoms with Gasteiger partial charge in [-0.15, -0.1) is 10.2 Å². The van der Waals surface area contributed by atoms with Crippen LogP contribution in [0.4, 0.5) is 5.13 Å². The molecule has 0 atom stereocenters. The van der Waals surface area contributed by atoms with Crippen molar-refractivity contribution in [2.24, 2.45) is 0 Å². The molecule has 23 heavy (non-hydrogen) atoms. The van der Waals surface area contributed by atoms with Gasteiger partial charge in [-0.2, -0.15) is 0 Å². The lowest BCUT2D eigenvalue weighted by atomic mass is 10.1. The van der Waals surface area contributed by atoms with Gasteiger partial charge in [-0.25, -0.2) is 0 Å². The van der Waals surface area contributed by atoms with E-state index in [-0.39, 0.29) is 5.91 Å². The van der Waals surface area contributed by atoms with Gasteiger partial charge >= 0.3 is 0 Å². The fraction of sp³-hybridized carbons (Fsp3) is 0.235. The molecule has 3 aromatic rings. The standard InChI is InChI=1S/C17H17N3OS2/c1-2-3-10-22-17-20-19-16(23-17)18-15(21)14-9-8-12-6-4-5-7-13(12)11-14/h4-9,11H,2-3,10H2,1H3,(H,18,19,21). The number of fused-ring (bicyclic) bond motifs is 1. The second-order valence-corrected chi connectivity index (χ2v) is 7.41. The van der Waals surface area contributed by atoms with Gasteiger partial charge in [0.25, 0.3) is 5.91 Å². The van der Waals surface area contributed by atoms with Gasteiger partial charge in [-0.3, -0.25) is 10.1 Å². The van der Waals surface area contributed by atoms with Crippen LogP contribution in [0.15, 0.2) is 46.8 Å². The summed E-state index contributed by atoms with van der Waals surface area (Å²) in [6.45, 7) is 2.16. The molecule has 2 aromatic carbocycles. The van der Waals surface area contributed by atoms with E-state index in [1.54, 1.807) is 11.8 Å². The lowest BCUT2D eigenvalue weighted by Crippen LogP contribution is -2.11. The SMILES string of the molecule is CCCCSc1nnc(NC(=O)c2ccc3ccccc3c2)s1. The van der Waals surface area contributed by atoms with E-state index in [0.29, 0.717) is 10.7 Å². The van der Waals surface area contributed by atoms with Crippen molar-refractivity contribution in [2.75, 3.05) is 11.1 Å². The lowest BCUT2D eigenvalue weighted by molar-refractivity contribution is 0.102. The Bertz CT molecular complexity index is 816. The highest BCUT2D eigenvalue weighted by atomic mass is 32.2. The summed E-state index contributed by atoms with van der Waals surface area (Å²) in [6.07, 6.45) is 2.32. The first-order valence-corrected chi connectivity index (χ1v) is 9.33. The number of thioether (sulfide) groups is 1. The van der Waals surface area contributed by atoms with E-state index in [4.69, 9.17) is 0 Å². The minimum atomic E-state index is -0.156. The van der Waals surface area contributed by atoms with Crippen molar-refractivity contribution < 1.29 is 4.79 Å². The molecule has 0 aliphatic carbocycles. The molecule has 0 unspecified atom stereocenters. The molecule has 118 valence electrons. The molecule has 1 heterocycles. The van der Waals surface area contributed by atoms with Gasteiger partial charge in [-0.1, -0.05) is 66.8 Å². The zero-order chi connectivity index (χ0) is 16.1. The number of hydrogen-bond donors (Lipinski definition) is 1. The van der Waals surface area contributed by atoms with E-state index in [1.165, 1.54) is 11.3 Å². The number of nitrogens with zero attached hydrogens (tertiary/aromatic N) is 2. The number of hydrogen-bond acceptors (Lipinski definition) is 5. The lowest BCUT2D eigenvalue weighted by Gasteiger charge is -2.03. The summed E-state index contributed by atoms with van der Waals surface area (Å²) in [5, 5.41) is 13.7. The second-order valence-electron chi connectivity index (χ2n) is 5.09. The first-order chi connectivity index (χ1) is 11.3. The molecule has 3 rings (SSSR count). The maximum Gasteiger partial charge on any atom is 0.257 e. The minimum Gasteiger partial charge on any atom is -0.296 e. The van der Waals surface area contributed by atoms with Crippen LogP contribution < -0.4 is 5.32 Å². The largest absolute Gasteiger partial charge is 0.296 e. The van der Waals surface area contributed by atoms with Gasteiger partial charge in [0.1, 0.15) is 0 Å². The quantitative estimate of drug-likeness (QED) is 0.395. The zero-order valence-electron chi connectivity index (χ0n) is 12.8. The topological polar surface area (TPSA) is 54.9 Å². The number of unbranched alkanes of at least 4 members (excludes halogenated alkanes) is 1. The third-order valence-electron chi connectivity index (χ3n) is 3.36. The van der Waals surface area contributed by atoms with Crippen molar-refractivity contribution in [3.8, 4) is 0 Å². The summed E-state index contributed by atoms with van der Waals surface area (Å²) in [5.41, 5.74) is 0.624. The average molecular weight is 343 g/mol. The Hall–Kier alpha value is -1.92. The molecular formula is C17H17N3OS2. The van der Waals surface area contributed by atoms with Crippen LogP contribution in [0.1, 0.15) is 30.1 Å². The number of amides is 1. The molecule has 1 amide bonds. The molecule has 0 bridgehead atoms. The fourth-order valence-corrected chi connectivity index (χ4v) is 4.02. The maximum absolute atomic E-state index is 12.3. The van der Waals surface area contributed by atoms with Gasteiger partial charge in [-0.05, 0) is 29.3 Å². The number of carbonyl (C=O) groups is 1. The highest BCUT2D eigenvalue weighted by molar-refractivity contribution is 8.01. The summed E-state index contributed by atoms with van der Waals surface area (Å²) in [5.74, 6) is 0.876. The fourth-order valence-electron chi connectivity index (χ4n) is 2.12.